The Bertz CT molecular complexity index is 1520. The number of Topliss-reactive ketones (excluding diaryl/α,β-unsaturated/α-hetero) is 1. The standard InChI is InChI=1S/C30H28N2O5/c1-3-37-25-13-10-20(16-18(25)2)28(34)26-27(19-8-11-22(33)12-9-19)32(30(36)29(26)35)15-14-21-17-31-24-7-5-4-6-23(21)24/h4-13,16-17,27,31,33-34H,3,14-15H2,1-2H3/b28-26+. The first-order chi connectivity index (χ1) is 17.9. The molecule has 0 spiro atoms. The number of aromatic nitrogens is 1. The predicted octanol–water partition coefficient (Wildman–Crippen LogP) is 5.25. The van der Waals surface area contributed by atoms with E-state index in [4.69, 9.17) is 4.74 Å². The highest BCUT2D eigenvalue weighted by Crippen LogP contribution is 2.40. The highest BCUT2D eigenvalue weighted by molar-refractivity contribution is 6.46. The zero-order valence-electron chi connectivity index (χ0n) is 20.7. The summed E-state index contributed by atoms with van der Waals surface area (Å²) in [5.41, 5.74) is 3.92. The third kappa shape index (κ3) is 4.44. The Morgan fingerprint density at radius 3 is 2.54 bits per heavy atom. The van der Waals surface area contributed by atoms with Crippen LogP contribution < -0.4 is 4.74 Å². The van der Waals surface area contributed by atoms with Crippen LogP contribution in [0.2, 0.25) is 0 Å². The predicted molar refractivity (Wildman–Crippen MR) is 141 cm³/mol. The molecule has 5 rings (SSSR count). The lowest BCUT2D eigenvalue weighted by Gasteiger charge is -2.25. The number of nitrogens with one attached hydrogen (secondary N) is 1. The fourth-order valence-corrected chi connectivity index (χ4v) is 4.96. The van der Waals surface area contributed by atoms with E-state index in [1.54, 1.807) is 30.3 Å². The normalized spacial score (nSPS) is 17.0. The molecule has 4 aromatic rings. The molecular weight excluding hydrogens is 468 g/mol. The number of carbonyl (C=O) groups excluding carboxylic acids is 2. The third-order valence-corrected chi connectivity index (χ3v) is 6.79. The van der Waals surface area contributed by atoms with E-state index >= 15 is 0 Å². The summed E-state index contributed by atoms with van der Waals surface area (Å²) < 4.78 is 5.60. The van der Waals surface area contributed by atoms with Crippen LogP contribution in [-0.2, 0) is 16.0 Å². The zero-order valence-corrected chi connectivity index (χ0v) is 20.7. The van der Waals surface area contributed by atoms with E-state index in [-0.39, 0.29) is 23.6 Å². The highest BCUT2D eigenvalue weighted by Gasteiger charge is 2.45. The summed E-state index contributed by atoms with van der Waals surface area (Å²) >= 11 is 0. The van der Waals surface area contributed by atoms with Gasteiger partial charge < -0.3 is 24.8 Å². The fourth-order valence-electron chi connectivity index (χ4n) is 4.96. The summed E-state index contributed by atoms with van der Waals surface area (Å²) in [4.78, 5) is 31.4. The van der Waals surface area contributed by atoms with Crippen LogP contribution >= 0.6 is 0 Å². The molecule has 1 amide bonds. The van der Waals surface area contributed by atoms with Gasteiger partial charge in [0.25, 0.3) is 11.7 Å². The number of fused-ring (bicyclic) bond motifs is 1. The molecule has 1 aromatic heterocycles. The Morgan fingerprint density at radius 1 is 1.05 bits per heavy atom. The summed E-state index contributed by atoms with van der Waals surface area (Å²) in [5.74, 6) is -0.879. The number of para-hydroxylation sites is 1. The van der Waals surface area contributed by atoms with Crippen molar-refractivity contribution in [2.45, 2.75) is 26.3 Å². The van der Waals surface area contributed by atoms with Crippen molar-refractivity contribution in [2.75, 3.05) is 13.2 Å². The number of rotatable bonds is 7. The van der Waals surface area contributed by atoms with Crippen LogP contribution in [0.25, 0.3) is 16.7 Å². The summed E-state index contributed by atoms with van der Waals surface area (Å²) in [6, 6.07) is 18.6. The van der Waals surface area contributed by atoms with E-state index in [1.165, 1.54) is 17.0 Å². The number of aliphatic hydroxyl groups is 1. The number of nitrogens with zero attached hydrogens (tertiary/aromatic N) is 1. The van der Waals surface area contributed by atoms with Crippen molar-refractivity contribution in [2.24, 2.45) is 0 Å². The number of aromatic amines is 1. The quantitative estimate of drug-likeness (QED) is 0.184. The number of aromatic hydroxyl groups is 1. The molecule has 0 aliphatic carbocycles. The monoisotopic (exact) mass is 496 g/mol. The largest absolute Gasteiger partial charge is 0.508 e. The number of H-pyrrole nitrogens is 1. The number of aryl methyl sites for hydroxylation is 1. The number of ether oxygens (including phenoxy) is 1. The average Bonchev–Trinajstić information content (AvgIpc) is 3.42. The molecule has 1 atom stereocenters. The van der Waals surface area contributed by atoms with E-state index in [9.17, 15) is 19.8 Å². The van der Waals surface area contributed by atoms with E-state index in [0.29, 0.717) is 29.9 Å². The first kappa shape index (κ1) is 24.2. The van der Waals surface area contributed by atoms with Crippen molar-refractivity contribution in [3.63, 3.8) is 0 Å². The summed E-state index contributed by atoms with van der Waals surface area (Å²) in [6.07, 6.45) is 2.44. The van der Waals surface area contributed by atoms with Gasteiger partial charge >= 0.3 is 0 Å². The number of likely N-dealkylation sites (tertiary alicyclic amines) is 1. The second kappa shape index (κ2) is 9.85. The van der Waals surface area contributed by atoms with Crippen molar-refractivity contribution in [3.05, 3.63) is 101 Å². The van der Waals surface area contributed by atoms with Crippen LogP contribution in [0.5, 0.6) is 11.5 Å². The molecule has 0 bridgehead atoms. The van der Waals surface area contributed by atoms with Gasteiger partial charge in [0.1, 0.15) is 17.3 Å². The molecule has 0 radical (unpaired) electrons. The van der Waals surface area contributed by atoms with Gasteiger partial charge in [0, 0.05) is 29.2 Å². The molecule has 1 fully saturated rings. The lowest BCUT2D eigenvalue weighted by molar-refractivity contribution is -0.139. The van der Waals surface area contributed by atoms with Crippen molar-refractivity contribution in [1.82, 2.24) is 9.88 Å². The van der Waals surface area contributed by atoms with Crippen LogP contribution in [0, 0.1) is 6.92 Å². The Labute approximate surface area is 214 Å². The van der Waals surface area contributed by atoms with Crippen molar-refractivity contribution in [1.29, 1.82) is 0 Å². The molecule has 1 saturated heterocycles. The topological polar surface area (TPSA) is 103 Å². The second-order valence-corrected chi connectivity index (χ2v) is 9.11. The van der Waals surface area contributed by atoms with Crippen molar-refractivity contribution in [3.8, 4) is 11.5 Å². The molecule has 37 heavy (non-hydrogen) atoms. The van der Waals surface area contributed by atoms with Gasteiger partial charge in [0.2, 0.25) is 0 Å². The molecular formula is C30H28N2O5. The molecule has 1 unspecified atom stereocenters. The van der Waals surface area contributed by atoms with Crippen molar-refractivity contribution >= 4 is 28.4 Å². The molecule has 0 saturated carbocycles. The number of benzene rings is 3. The maximum absolute atomic E-state index is 13.3. The van der Waals surface area contributed by atoms with Gasteiger partial charge in [-0.25, -0.2) is 0 Å². The van der Waals surface area contributed by atoms with Crippen LogP contribution in [0.4, 0.5) is 0 Å². The Morgan fingerprint density at radius 2 is 1.81 bits per heavy atom. The SMILES string of the molecule is CCOc1ccc(/C(O)=C2\C(=O)C(=O)N(CCc3c[nH]c4ccccc34)C2c2ccc(O)cc2)cc1C. The number of ketones is 1. The molecule has 3 N–H and O–H groups in total. The minimum Gasteiger partial charge on any atom is -0.508 e. The molecule has 3 aromatic carbocycles. The number of hydrogen-bond acceptors (Lipinski definition) is 5. The Hall–Kier alpha value is -4.52. The zero-order chi connectivity index (χ0) is 26.1. The summed E-state index contributed by atoms with van der Waals surface area (Å²) in [7, 11) is 0. The Balaban J connectivity index is 1.55. The minimum atomic E-state index is -0.794. The Kier molecular flexibility index (Phi) is 6.44. The second-order valence-electron chi connectivity index (χ2n) is 9.11. The first-order valence-electron chi connectivity index (χ1n) is 12.2. The van der Waals surface area contributed by atoms with Gasteiger partial charge in [-0.05, 0) is 73.4 Å². The third-order valence-electron chi connectivity index (χ3n) is 6.79. The van der Waals surface area contributed by atoms with Gasteiger partial charge in [0.15, 0.2) is 0 Å². The summed E-state index contributed by atoms with van der Waals surface area (Å²) in [5, 5.41) is 22.2. The number of phenolic OH excluding ortho intramolecular Hbond substituents is 1. The fraction of sp³-hybridized carbons (Fsp3) is 0.200. The molecule has 2 heterocycles. The van der Waals surface area contributed by atoms with Gasteiger partial charge in [-0.2, -0.15) is 0 Å². The van der Waals surface area contributed by atoms with E-state index in [0.717, 1.165) is 22.0 Å². The molecule has 7 nitrogen and oxygen atoms in total. The molecule has 1 aliphatic heterocycles. The van der Waals surface area contributed by atoms with Gasteiger partial charge in [-0.15, -0.1) is 0 Å². The number of aliphatic hydroxyl groups excluding tert-OH is 1. The van der Waals surface area contributed by atoms with Crippen LogP contribution in [0.3, 0.4) is 0 Å². The van der Waals surface area contributed by atoms with Crippen molar-refractivity contribution < 1.29 is 24.5 Å². The van der Waals surface area contributed by atoms with E-state index in [2.05, 4.69) is 4.98 Å². The lowest BCUT2D eigenvalue weighted by atomic mass is 9.94. The number of phenols is 1. The minimum absolute atomic E-state index is 0.0261. The molecule has 1 aliphatic rings. The molecule has 188 valence electrons. The number of amides is 1. The smallest absolute Gasteiger partial charge is 0.295 e. The van der Waals surface area contributed by atoms with Crippen LogP contribution in [0.15, 0.2) is 78.5 Å². The van der Waals surface area contributed by atoms with Gasteiger partial charge in [0.05, 0.1) is 18.2 Å². The number of carbonyl (C=O) groups is 2. The maximum atomic E-state index is 13.3. The van der Waals surface area contributed by atoms with E-state index < -0.39 is 17.7 Å². The van der Waals surface area contributed by atoms with E-state index in [1.807, 2.05) is 44.3 Å². The summed E-state index contributed by atoms with van der Waals surface area (Å²) in [6.45, 7) is 4.54. The van der Waals surface area contributed by atoms with Crippen LogP contribution in [-0.4, -0.2) is 44.9 Å². The van der Waals surface area contributed by atoms with Crippen LogP contribution in [0.1, 0.15) is 35.2 Å². The molecule has 7 heteroatoms. The highest BCUT2D eigenvalue weighted by atomic mass is 16.5. The van der Waals surface area contributed by atoms with Gasteiger partial charge in [-0.1, -0.05) is 30.3 Å². The first-order valence-corrected chi connectivity index (χ1v) is 12.2. The average molecular weight is 497 g/mol. The lowest BCUT2D eigenvalue weighted by Crippen LogP contribution is -2.31. The number of hydrogen-bond donors (Lipinski definition) is 3. The maximum Gasteiger partial charge on any atom is 0.295 e. The van der Waals surface area contributed by atoms with Gasteiger partial charge in [-0.3, -0.25) is 9.59 Å².